The smallest absolute Gasteiger partial charge is 0.151 e. The predicted molar refractivity (Wildman–Crippen MR) is 79.9 cm³/mol. The van der Waals surface area contributed by atoms with E-state index in [2.05, 4.69) is 15.9 Å². The molecule has 0 saturated heterocycles. The van der Waals surface area contributed by atoms with Gasteiger partial charge in [0, 0.05) is 6.26 Å². The third kappa shape index (κ3) is 2.59. The topological polar surface area (TPSA) is 34.1 Å². The molecule has 0 fully saturated rings. The van der Waals surface area contributed by atoms with Gasteiger partial charge in [-0.25, -0.2) is 8.42 Å². The number of halogens is 1. The maximum Gasteiger partial charge on any atom is 0.151 e. The van der Waals surface area contributed by atoms with Crippen LogP contribution >= 0.6 is 15.9 Å². The van der Waals surface area contributed by atoms with Crippen LogP contribution < -0.4 is 0 Å². The molecule has 0 radical (unpaired) electrons. The summed E-state index contributed by atoms with van der Waals surface area (Å²) in [4.78, 5) is -0.196. The monoisotopic (exact) mass is 326 g/mol. The highest BCUT2D eigenvalue weighted by molar-refractivity contribution is 9.09. The fraction of sp³-hybridized carbons (Fsp3) is 0.286. The van der Waals surface area contributed by atoms with Crippen molar-refractivity contribution in [1.29, 1.82) is 0 Å². The lowest BCUT2D eigenvalue weighted by molar-refractivity contribution is 0.588. The van der Waals surface area contributed by atoms with Crippen LogP contribution in [-0.4, -0.2) is 19.9 Å². The summed E-state index contributed by atoms with van der Waals surface area (Å²) in [6, 6.07) is 14.0. The van der Waals surface area contributed by atoms with Gasteiger partial charge in [0.05, 0.1) is 10.1 Å². The summed E-state index contributed by atoms with van der Waals surface area (Å²) in [6.07, 6.45) is 1.27. The predicted octanol–water partition coefficient (Wildman–Crippen LogP) is 3.71. The molecule has 0 aliphatic carbocycles. The molecule has 2 nitrogen and oxygen atoms in total. The van der Waals surface area contributed by atoms with Crippen molar-refractivity contribution in [1.82, 2.24) is 0 Å². The first kappa shape index (κ1) is 13.6. The first-order valence-corrected chi connectivity index (χ1v) is 8.59. The van der Waals surface area contributed by atoms with Crippen LogP contribution in [0.3, 0.4) is 0 Å². The Morgan fingerprint density at radius 1 is 1.06 bits per heavy atom. The third-order valence-corrected chi connectivity index (χ3v) is 6.47. The lowest BCUT2D eigenvalue weighted by atomic mass is 10.0. The number of alkyl halides is 1. The van der Waals surface area contributed by atoms with Crippen LogP contribution in [0.25, 0.3) is 10.8 Å². The first-order valence-electron chi connectivity index (χ1n) is 5.72. The maximum absolute atomic E-state index is 11.7. The summed E-state index contributed by atoms with van der Waals surface area (Å²) in [5.41, 5.74) is 1.02. The van der Waals surface area contributed by atoms with E-state index in [1.807, 2.05) is 42.5 Å². The van der Waals surface area contributed by atoms with Gasteiger partial charge in [0.1, 0.15) is 0 Å². The van der Waals surface area contributed by atoms with Crippen LogP contribution in [-0.2, 0) is 9.84 Å². The van der Waals surface area contributed by atoms with E-state index in [0.29, 0.717) is 0 Å². The molecule has 2 unspecified atom stereocenters. The van der Waals surface area contributed by atoms with Crippen molar-refractivity contribution in [2.75, 3.05) is 6.26 Å². The zero-order valence-electron chi connectivity index (χ0n) is 10.3. The molecule has 2 aromatic rings. The van der Waals surface area contributed by atoms with Crippen LogP contribution in [0.2, 0.25) is 0 Å². The zero-order valence-corrected chi connectivity index (χ0v) is 12.7. The molecule has 2 aromatic carbocycles. The average Bonchev–Trinajstić information content (AvgIpc) is 2.35. The quantitative estimate of drug-likeness (QED) is 0.806. The summed E-state index contributed by atoms with van der Waals surface area (Å²) in [5, 5.41) is 1.76. The van der Waals surface area contributed by atoms with E-state index in [4.69, 9.17) is 0 Å². The third-order valence-electron chi connectivity index (χ3n) is 3.21. The molecule has 18 heavy (non-hydrogen) atoms. The highest BCUT2D eigenvalue weighted by Crippen LogP contribution is 2.34. The molecular formula is C14H15BrO2S. The zero-order chi connectivity index (χ0) is 13.3. The second kappa shape index (κ2) is 5.02. The summed E-state index contributed by atoms with van der Waals surface area (Å²) in [7, 11) is -3.07. The lowest BCUT2D eigenvalue weighted by Gasteiger charge is -2.18. The van der Waals surface area contributed by atoms with E-state index in [-0.39, 0.29) is 4.83 Å². The number of sulfone groups is 1. The number of benzene rings is 2. The second-order valence-electron chi connectivity index (χ2n) is 4.50. The number of fused-ring (bicyclic) bond motifs is 1. The minimum Gasteiger partial charge on any atom is -0.229 e. The van der Waals surface area contributed by atoms with Crippen molar-refractivity contribution in [2.45, 2.75) is 17.0 Å². The van der Waals surface area contributed by atoms with Gasteiger partial charge in [0.2, 0.25) is 0 Å². The van der Waals surface area contributed by atoms with Gasteiger partial charge in [-0.3, -0.25) is 0 Å². The maximum atomic E-state index is 11.7. The molecule has 0 aliphatic rings. The minimum absolute atomic E-state index is 0.196. The van der Waals surface area contributed by atoms with E-state index < -0.39 is 15.1 Å². The van der Waals surface area contributed by atoms with Crippen molar-refractivity contribution in [3.05, 3.63) is 48.0 Å². The van der Waals surface area contributed by atoms with Crippen molar-refractivity contribution in [3.63, 3.8) is 0 Å². The highest BCUT2D eigenvalue weighted by Gasteiger charge is 2.26. The van der Waals surface area contributed by atoms with Crippen LogP contribution in [0, 0.1) is 0 Å². The average molecular weight is 327 g/mol. The lowest BCUT2D eigenvalue weighted by Crippen LogP contribution is -2.21. The summed E-state index contributed by atoms with van der Waals surface area (Å²) in [5.74, 6) is 0. The molecule has 4 heteroatoms. The Morgan fingerprint density at radius 3 is 2.33 bits per heavy atom. The molecule has 0 spiro atoms. The molecule has 2 rings (SSSR count). The Bertz CT molecular complexity index is 659. The molecule has 0 N–H and O–H groups in total. The Balaban J connectivity index is 2.55. The van der Waals surface area contributed by atoms with Gasteiger partial charge < -0.3 is 0 Å². The second-order valence-corrected chi connectivity index (χ2v) is 7.89. The van der Waals surface area contributed by atoms with Crippen molar-refractivity contribution in [2.24, 2.45) is 0 Å². The molecule has 96 valence electrons. The van der Waals surface area contributed by atoms with Gasteiger partial charge in [0.25, 0.3) is 0 Å². The molecule has 2 atom stereocenters. The number of hydrogen-bond donors (Lipinski definition) is 0. The number of rotatable bonds is 3. The van der Waals surface area contributed by atoms with Gasteiger partial charge in [-0.1, -0.05) is 58.4 Å². The van der Waals surface area contributed by atoms with Gasteiger partial charge >= 0.3 is 0 Å². The highest BCUT2D eigenvalue weighted by atomic mass is 79.9. The van der Waals surface area contributed by atoms with E-state index in [9.17, 15) is 8.42 Å². The van der Waals surface area contributed by atoms with Crippen molar-refractivity contribution in [3.8, 4) is 0 Å². The molecule has 0 aromatic heterocycles. The Hall–Kier alpha value is -0.870. The van der Waals surface area contributed by atoms with Crippen LogP contribution in [0.15, 0.2) is 42.5 Å². The van der Waals surface area contributed by atoms with Gasteiger partial charge in [-0.15, -0.1) is 0 Å². The summed E-state index contributed by atoms with van der Waals surface area (Å²) < 4.78 is 23.3. The van der Waals surface area contributed by atoms with Crippen molar-refractivity contribution >= 4 is 36.5 Å². The fourth-order valence-corrected chi connectivity index (χ4v) is 4.12. The van der Waals surface area contributed by atoms with Gasteiger partial charge in [-0.05, 0) is 23.3 Å². The Kier molecular flexibility index (Phi) is 3.78. The fourth-order valence-electron chi connectivity index (χ4n) is 1.96. The number of hydrogen-bond acceptors (Lipinski definition) is 2. The van der Waals surface area contributed by atoms with Crippen LogP contribution in [0.5, 0.6) is 0 Å². The van der Waals surface area contributed by atoms with Crippen molar-refractivity contribution < 1.29 is 8.42 Å². The SMILES string of the molecule is CC(C(Br)c1cccc2ccccc12)S(C)(=O)=O. The van der Waals surface area contributed by atoms with Crippen LogP contribution in [0.4, 0.5) is 0 Å². The largest absolute Gasteiger partial charge is 0.229 e. The molecule has 0 saturated carbocycles. The molecule has 0 aliphatic heterocycles. The minimum atomic E-state index is -3.07. The van der Waals surface area contributed by atoms with E-state index in [0.717, 1.165) is 16.3 Å². The van der Waals surface area contributed by atoms with Gasteiger partial charge in [-0.2, -0.15) is 0 Å². The normalized spacial score (nSPS) is 15.5. The molecule has 0 heterocycles. The Labute approximate surface area is 116 Å². The van der Waals surface area contributed by atoms with Crippen LogP contribution in [0.1, 0.15) is 17.3 Å². The molecule has 0 bridgehead atoms. The standard InChI is InChI=1S/C14H15BrO2S/c1-10(18(2,16)17)14(15)13-9-5-7-11-6-3-4-8-12(11)13/h3-10,14H,1-2H3. The summed E-state index contributed by atoms with van der Waals surface area (Å²) in [6.45, 7) is 1.73. The van der Waals surface area contributed by atoms with E-state index in [1.165, 1.54) is 6.26 Å². The van der Waals surface area contributed by atoms with E-state index >= 15 is 0 Å². The van der Waals surface area contributed by atoms with Gasteiger partial charge in [0.15, 0.2) is 9.84 Å². The van der Waals surface area contributed by atoms with E-state index in [1.54, 1.807) is 6.92 Å². The Morgan fingerprint density at radius 2 is 1.67 bits per heavy atom. The molecular weight excluding hydrogens is 312 g/mol. The summed E-state index contributed by atoms with van der Waals surface area (Å²) >= 11 is 3.53. The first-order chi connectivity index (χ1) is 8.41. The molecule has 0 amide bonds.